The van der Waals surface area contributed by atoms with Gasteiger partial charge in [-0.15, -0.1) is 0 Å². The monoisotopic (exact) mass is 343 g/mol. The number of carbonyl (C=O) groups excluding carboxylic acids is 1. The van der Waals surface area contributed by atoms with Gasteiger partial charge >= 0.3 is 0 Å². The number of rotatable bonds is 9. The fourth-order valence-electron chi connectivity index (χ4n) is 2.41. The molecule has 0 fully saturated rings. The van der Waals surface area contributed by atoms with E-state index in [1.165, 1.54) is 12.1 Å². The van der Waals surface area contributed by atoms with Crippen molar-refractivity contribution in [3.8, 4) is 5.75 Å². The van der Waals surface area contributed by atoms with Gasteiger partial charge in [-0.05, 0) is 42.0 Å². The summed E-state index contributed by atoms with van der Waals surface area (Å²) < 4.78 is 18.3. The van der Waals surface area contributed by atoms with Crippen LogP contribution in [0.5, 0.6) is 5.75 Å². The number of carbonyl (C=O) groups is 1. The lowest BCUT2D eigenvalue weighted by Crippen LogP contribution is -3.08. The third kappa shape index (κ3) is 6.77. The fourth-order valence-corrected chi connectivity index (χ4v) is 2.41. The predicted octanol–water partition coefficient (Wildman–Crippen LogP) is 1.72. The lowest BCUT2D eigenvalue weighted by molar-refractivity contribution is -0.885. The highest BCUT2D eigenvalue weighted by Crippen LogP contribution is 2.11. The summed E-state index contributed by atoms with van der Waals surface area (Å²) in [5.74, 6) is 0.492. The lowest BCUT2D eigenvalue weighted by atomic mass is 10.2. The van der Waals surface area contributed by atoms with E-state index in [1.807, 2.05) is 31.3 Å². The largest absolute Gasteiger partial charge is 0.490 e. The first-order valence-corrected chi connectivity index (χ1v) is 8.22. The van der Waals surface area contributed by atoms with E-state index in [1.54, 1.807) is 18.2 Å². The van der Waals surface area contributed by atoms with E-state index in [4.69, 9.17) is 4.74 Å². The maximum Gasteiger partial charge on any atom is 0.275 e. The van der Waals surface area contributed by atoms with Gasteiger partial charge < -0.3 is 15.0 Å². The van der Waals surface area contributed by atoms with Crippen LogP contribution in [0.3, 0.4) is 0 Å². The first-order chi connectivity index (χ1) is 12.1. The molecular weight excluding hydrogens is 319 g/mol. The molecule has 0 spiro atoms. The zero-order valence-electron chi connectivity index (χ0n) is 14.4. The van der Waals surface area contributed by atoms with Crippen LogP contribution in [0.1, 0.15) is 11.1 Å². The third-order valence-electron chi connectivity index (χ3n) is 3.66. The molecule has 1 amide bonds. The molecule has 2 aromatic rings. The molecule has 2 aromatic carbocycles. The number of hydrogen-bond donors (Lipinski definition) is 2. The number of quaternary nitrogens is 1. The van der Waals surface area contributed by atoms with E-state index < -0.39 is 0 Å². The van der Waals surface area contributed by atoms with Crippen LogP contribution in [0.25, 0.3) is 0 Å². The minimum Gasteiger partial charge on any atom is -0.490 e. The van der Waals surface area contributed by atoms with Crippen LogP contribution in [0.4, 0.5) is 4.39 Å². The number of amides is 1. The standard InChI is InChI=1S/C20H23FN2O2/c1-3-12-25-19-10-6-17(7-11-19)14-23(2)15-20(24)22-13-16-4-8-18(21)9-5-16/h3-11H,1,12-15H2,2H3,(H,22,24)/p+1. The minimum absolute atomic E-state index is 0.0345. The quantitative estimate of drug-likeness (QED) is 0.681. The van der Waals surface area contributed by atoms with Crippen molar-refractivity contribution in [1.82, 2.24) is 5.32 Å². The zero-order valence-corrected chi connectivity index (χ0v) is 14.4. The first-order valence-electron chi connectivity index (χ1n) is 8.22. The summed E-state index contributed by atoms with van der Waals surface area (Å²) in [6.45, 7) is 5.62. The van der Waals surface area contributed by atoms with Gasteiger partial charge in [0.1, 0.15) is 24.7 Å². The summed E-state index contributed by atoms with van der Waals surface area (Å²) >= 11 is 0. The van der Waals surface area contributed by atoms with Crippen molar-refractivity contribution in [1.29, 1.82) is 0 Å². The molecule has 2 rings (SSSR count). The molecule has 2 N–H and O–H groups in total. The maximum absolute atomic E-state index is 12.8. The Labute approximate surface area is 147 Å². The highest BCUT2D eigenvalue weighted by Gasteiger charge is 2.10. The van der Waals surface area contributed by atoms with Gasteiger partial charge in [-0.3, -0.25) is 4.79 Å². The Balaban J connectivity index is 1.74. The van der Waals surface area contributed by atoms with Crippen molar-refractivity contribution in [2.24, 2.45) is 0 Å². The van der Waals surface area contributed by atoms with Crippen LogP contribution in [0, 0.1) is 5.82 Å². The molecule has 132 valence electrons. The van der Waals surface area contributed by atoms with Gasteiger partial charge in [0.15, 0.2) is 6.54 Å². The second kappa shape index (κ2) is 9.59. The Hall–Kier alpha value is -2.66. The van der Waals surface area contributed by atoms with Gasteiger partial charge in [-0.25, -0.2) is 4.39 Å². The van der Waals surface area contributed by atoms with Crippen molar-refractivity contribution in [2.75, 3.05) is 20.2 Å². The Bertz CT molecular complexity index is 684. The normalized spacial score (nSPS) is 11.6. The fraction of sp³-hybridized carbons (Fsp3) is 0.250. The second-order valence-corrected chi connectivity index (χ2v) is 5.96. The molecule has 0 radical (unpaired) electrons. The number of benzene rings is 2. The first kappa shape index (κ1) is 18.7. The number of ether oxygens (including phenoxy) is 1. The van der Waals surface area contributed by atoms with E-state index >= 15 is 0 Å². The molecule has 5 heteroatoms. The summed E-state index contributed by atoms with van der Waals surface area (Å²) in [4.78, 5) is 13.1. The Morgan fingerprint density at radius 2 is 1.80 bits per heavy atom. The van der Waals surface area contributed by atoms with E-state index in [0.717, 1.165) is 28.3 Å². The average Bonchev–Trinajstić information content (AvgIpc) is 2.60. The van der Waals surface area contributed by atoms with Gasteiger partial charge in [0.2, 0.25) is 0 Å². The molecular formula is C20H24FN2O2+. The lowest BCUT2D eigenvalue weighted by Gasteiger charge is -2.14. The van der Waals surface area contributed by atoms with Crippen LogP contribution in [0.2, 0.25) is 0 Å². The highest BCUT2D eigenvalue weighted by molar-refractivity contribution is 5.76. The second-order valence-electron chi connectivity index (χ2n) is 5.96. The van der Waals surface area contributed by atoms with Crippen molar-refractivity contribution in [2.45, 2.75) is 13.1 Å². The molecule has 0 heterocycles. The van der Waals surface area contributed by atoms with Gasteiger partial charge in [-0.2, -0.15) is 0 Å². The highest BCUT2D eigenvalue weighted by atomic mass is 19.1. The third-order valence-corrected chi connectivity index (χ3v) is 3.66. The molecule has 0 aromatic heterocycles. The Morgan fingerprint density at radius 3 is 2.44 bits per heavy atom. The van der Waals surface area contributed by atoms with Crippen molar-refractivity contribution in [3.05, 3.63) is 78.1 Å². The van der Waals surface area contributed by atoms with E-state index in [-0.39, 0.29) is 11.7 Å². The summed E-state index contributed by atoms with van der Waals surface area (Å²) in [5, 5.41) is 2.86. The number of nitrogens with one attached hydrogen (secondary N) is 2. The van der Waals surface area contributed by atoms with Crippen molar-refractivity contribution in [3.63, 3.8) is 0 Å². The molecule has 0 bridgehead atoms. The van der Waals surface area contributed by atoms with Gasteiger partial charge in [0.05, 0.1) is 7.05 Å². The van der Waals surface area contributed by atoms with Gasteiger partial charge in [-0.1, -0.05) is 24.8 Å². The molecule has 0 aliphatic carbocycles. The molecule has 0 aliphatic heterocycles. The van der Waals surface area contributed by atoms with Gasteiger partial charge in [0.25, 0.3) is 5.91 Å². The number of likely N-dealkylation sites (N-methyl/N-ethyl adjacent to an activating group) is 1. The maximum atomic E-state index is 12.8. The van der Waals surface area contributed by atoms with Gasteiger partial charge in [0, 0.05) is 12.1 Å². The molecule has 0 aliphatic rings. The molecule has 0 saturated heterocycles. The Kier molecular flexibility index (Phi) is 7.16. The van der Waals surface area contributed by atoms with E-state index in [2.05, 4.69) is 11.9 Å². The van der Waals surface area contributed by atoms with E-state index in [0.29, 0.717) is 19.7 Å². The minimum atomic E-state index is -0.278. The SMILES string of the molecule is C=CCOc1ccc(C[NH+](C)CC(=O)NCc2ccc(F)cc2)cc1. The molecule has 4 nitrogen and oxygen atoms in total. The summed E-state index contributed by atoms with van der Waals surface area (Å²) in [5.41, 5.74) is 2.01. The van der Waals surface area contributed by atoms with Crippen molar-refractivity contribution < 1.29 is 18.8 Å². The molecule has 1 atom stereocenters. The zero-order chi connectivity index (χ0) is 18.1. The number of hydrogen-bond acceptors (Lipinski definition) is 2. The van der Waals surface area contributed by atoms with Crippen LogP contribution >= 0.6 is 0 Å². The topological polar surface area (TPSA) is 42.8 Å². The average molecular weight is 343 g/mol. The van der Waals surface area contributed by atoms with Crippen molar-refractivity contribution >= 4 is 5.91 Å². The summed E-state index contributed by atoms with van der Waals surface area (Å²) in [6, 6.07) is 13.9. The van der Waals surface area contributed by atoms with Crippen LogP contribution in [-0.2, 0) is 17.9 Å². The molecule has 0 saturated carbocycles. The van der Waals surface area contributed by atoms with Crippen LogP contribution in [-0.4, -0.2) is 26.1 Å². The predicted molar refractivity (Wildman–Crippen MR) is 95.8 cm³/mol. The van der Waals surface area contributed by atoms with Crippen LogP contribution < -0.4 is 15.0 Å². The molecule has 1 unspecified atom stereocenters. The summed E-state index contributed by atoms with van der Waals surface area (Å²) in [7, 11) is 1.97. The van der Waals surface area contributed by atoms with Crippen LogP contribution in [0.15, 0.2) is 61.2 Å². The smallest absolute Gasteiger partial charge is 0.275 e. The summed E-state index contributed by atoms with van der Waals surface area (Å²) in [6.07, 6.45) is 1.70. The number of halogens is 1. The Morgan fingerprint density at radius 1 is 1.16 bits per heavy atom. The van der Waals surface area contributed by atoms with E-state index in [9.17, 15) is 9.18 Å². The molecule has 25 heavy (non-hydrogen) atoms.